The van der Waals surface area contributed by atoms with Gasteiger partial charge in [0.1, 0.15) is 0 Å². The van der Waals surface area contributed by atoms with E-state index in [1.807, 2.05) is 22.4 Å². The van der Waals surface area contributed by atoms with Crippen molar-refractivity contribution in [1.82, 2.24) is 25.2 Å². The summed E-state index contributed by atoms with van der Waals surface area (Å²) in [6.07, 6.45) is 1.22. The fraction of sp³-hybridized carbons (Fsp3) is 0.467. The molecule has 0 radical (unpaired) electrons. The number of hydrogen-bond acceptors (Lipinski definition) is 5. The zero-order chi connectivity index (χ0) is 16.2. The number of aryl methyl sites for hydroxylation is 1. The standard InChI is InChI=1S/C15H19N5O2S/c1-11-14(17-18-16-11)15(22)20-6-3-5-19(7-8-20)13(21)10-12-4-2-9-23-12/h2,4,9H,3,5-8,10H2,1H3,(H,16,17,18). The van der Waals surface area contributed by atoms with Gasteiger partial charge < -0.3 is 9.80 Å². The molecule has 0 bridgehead atoms. The van der Waals surface area contributed by atoms with Crippen LogP contribution < -0.4 is 0 Å². The summed E-state index contributed by atoms with van der Waals surface area (Å²) in [5.41, 5.74) is 0.966. The number of carbonyl (C=O) groups excluding carboxylic acids is 2. The first-order valence-corrected chi connectivity index (χ1v) is 8.50. The second kappa shape index (κ2) is 6.91. The molecule has 0 aromatic carbocycles. The second-order valence-corrected chi connectivity index (χ2v) is 6.57. The van der Waals surface area contributed by atoms with Gasteiger partial charge >= 0.3 is 0 Å². The number of nitrogens with zero attached hydrogens (tertiary/aromatic N) is 4. The molecule has 1 fully saturated rings. The molecular formula is C15H19N5O2S. The molecule has 0 atom stereocenters. The molecule has 2 aromatic heterocycles. The lowest BCUT2D eigenvalue weighted by atomic mass is 10.3. The SMILES string of the molecule is Cc1n[nH]nc1C(=O)N1CCCN(C(=O)Cc2cccs2)CC1. The maximum Gasteiger partial charge on any atom is 0.276 e. The van der Waals surface area contributed by atoms with E-state index in [4.69, 9.17) is 0 Å². The molecule has 0 aliphatic carbocycles. The normalized spacial score (nSPS) is 15.5. The van der Waals surface area contributed by atoms with E-state index in [9.17, 15) is 9.59 Å². The van der Waals surface area contributed by atoms with Gasteiger partial charge in [0, 0.05) is 31.1 Å². The number of hydrogen-bond donors (Lipinski definition) is 1. The van der Waals surface area contributed by atoms with Crippen molar-refractivity contribution in [3.8, 4) is 0 Å². The van der Waals surface area contributed by atoms with Crippen molar-refractivity contribution in [3.05, 3.63) is 33.8 Å². The summed E-state index contributed by atoms with van der Waals surface area (Å²) >= 11 is 1.60. The van der Waals surface area contributed by atoms with E-state index in [1.54, 1.807) is 23.2 Å². The average molecular weight is 333 g/mol. The number of carbonyl (C=O) groups is 2. The Morgan fingerprint density at radius 2 is 2.00 bits per heavy atom. The minimum atomic E-state index is -0.121. The summed E-state index contributed by atoms with van der Waals surface area (Å²) in [7, 11) is 0. The molecule has 0 unspecified atom stereocenters. The molecule has 2 amide bonds. The smallest absolute Gasteiger partial charge is 0.276 e. The monoisotopic (exact) mass is 333 g/mol. The van der Waals surface area contributed by atoms with Gasteiger partial charge in [-0.15, -0.1) is 11.3 Å². The summed E-state index contributed by atoms with van der Waals surface area (Å²) in [4.78, 5) is 29.5. The van der Waals surface area contributed by atoms with Crippen LogP contribution in [0.2, 0.25) is 0 Å². The minimum absolute atomic E-state index is 0.121. The van der Waals surface area contributed by atoms with Crippen LogP contribution in [0.3, 0.4) is 0 Å². The van der Waals surface area contributed by atoms with Crippen LogP contribution >= 0.6 is 11.3 Å². The topological polar surface area (TPSA) is 82.2 Å². The van der Waals surface area contributed by atoms with Gasteiger partial charge in [-0.3, -0.25) is 9.59 Å². The highest BCUT2D eigenvalue weighted by Crippen LogP contribution is 2.13. The van der Waals surface area contributed by atoms with E-state index in [0.717, 1.165) is 11.3 Å². The zero-order valence-corrected chi connectivity index (χ0v) is 13.8. The Labute approximate surface area is 138 Å². The highest BCUT2D eigenvalue weighted by molar-refractivity contribution is 7.10. The first kappa shape index (κ1) is 15.7. The molecular weight excluding hydrogens is 314 g/mol. The van der Waals surface area contributed by atoms with Crippen molar-refractivity contribution < 1.29 is 9.59 Å². The maximum atomic E-state index is 12.5. The predicted octanol–water partition coefficient (Wildman–Crippen LogP) is 1.09. The Hall–Kier alpha value is -2.22. The van der Waals surface area contributed by atoms with Crippen LogP contribution in [0.1, 0.15) is 27.5 Å². The van der Waals surface area contributed by atoms with Gasteiger partial charge in [-0.2, -0.15) is 15.4 Å². The molecule has 1 aliphatic rings. The molecule has 23 heavy (non-hydrogen) atoms. The molecule has 0 spiro atoms. The summed E-state index contributed by atoms with van der Waals surface area (Å²) in [6, 6.07) is 3.93. The highest BCUT2D eigenvalue weighted by atomic mass is 32.1. The van der Waals surface area contributed by atoms with Gasteiger partial charge in [-0.25, -0.2) is 0 Å². The maximum absolute atomic E-state index is 12.5. The molecule has 0 saturated carbocycles. The fourth-order valence-corrected chi connectivity index (χ4v) is 3.38. The van der Waals surface area contributed by atoms with Crippen molar-refractivity contribution in [2.45, 2.75) is 19.8 Å². The van der Waals surface area contributed by atoms with Gasteiger partial charge in [-0.1, -0.05) is 6.07 Å². The molecule has 1 aliphatic heterocycles. The second-order valence-electron chi connectivity index (χ2n) is 5.54. The Bertz CT molecular complexity index is 682. The van der Waals surface area contributed by atoms with Crippen LogP contribution in [-0.4, -0.2) is 63.2 Å². The minimum Gasteiger partial charge on any atom is -0.341 e. The lowest BCUT2D eigenvalue weighted by molar-refractivity contribution is -0.130. The molecule has 1 N–H and O–H groups in total. The Morgan fingerprint density at radius 3 is 2.70 bits per heavy atom. The lowest BCUT2D eigenvalue weighted by Gasteiger charge is -2.21. The summed E-state index contributed by atoms with van der Waals surface area (Å²) in [6.45, 7) is 4.17. The predicted molar refractivity (Wildman–Crippen MR) is 86.2 cm³/mol. The van der Waals surface area contributed by atoms with Crippen LogP contribution in [-0.2, 0) is 11.2 Å². The van der Waals surface area contributed by atoms with Crippen molar-refractivity contribution in [1.29, 1.82) is 0 Å². The van der Waals surface area contributed by atoms with Gasteiger partial charge in [-0.05, 0) is 24.8 Å². The van der Waals surface area contributed by atoms with E-state index < -0.39 is 0 Å². The fourth-order valence-electron chi connectivity index (χ4n) is 2.68. The largest absolute Gasteiger partial charge is 0.341 e. The van der Waals surface area contributed by atoms with E-state index >= 15 is 0 Å². The van der Waals surface area contributed by atoms with Crippen molar-refractivity contribution in [2.75, 3.05) is 26.2 Å². The number of H-pyrrole nitrogens is 1. The average Bonchev–Trinajstić information content (AvgIpc) is 3.12. The number of thiophene rings is 1. The van der Waals surface area contributed by atoms with Gasteiger partial charge in [0.05, 0.1) is 12.1 Å². The zero-order valence-electron chi connectivity index (χ0n) is 13.0. The highest BCUT2D eigenvalue weighted by Gasteiger charge is 2.25. The van der Waals surface area contributed by atoms with Crippen LogP contribution in [0.4, 0.5) is 0 Å². The lowest BCUT2D eigenvalue weighted by Crippen LogP contribution is -2.38. The van der Waals surface area contributed by atoms with E-state index in [2.05, 4.69) is 15.4 Å². The van der Waals surface area contributed by atoms with Gasteiger partial charge in [0.15, 0.2) is 5.69 Å². The Kier molecular flexibility index (Phi) is 4.71. The molecule has 7 nitrogen and oxygen atoms in total. The Balaban J connectivity index is 1.60. The molecule has 3 heterocycles. The summed E-state index contributed by atoms with van der Waals surface area (Å²) in [5.74, 6) is 0.00294. The van der Waals surface area contributed by atoms with E-state index in [1.165, 1.54) is 0 Å². The molecule has 1 saturated heterocycles. The first-order chi connectivity index (χ1) is 11.1. The van der Waals surface area contributed by atoms with Crippen LogP contribution in [0.15, 0.2) is 17.5 Å². The van der Waals surface area contributed by atoms with Crippen molar-refractivity contribution in [3.63, 3.8) is 0 Å². The Morgan fingerprint density at radius 1 is 1.22 bits per heavy atom. The van der Waals surface area contributed by atoms with Crippen LogP contribution in [0, 0.1) is 6.92 Å². The first-order valence-electron chi connectivity index (χ1n) is 7.62. The van der Waals surface area contributed by atoms with E-state index in [0.29, 0.717) is 44.0 Å². The third kappa shape index (κ3) is 3.58. The third-order valence-corrected chi connectivity index (χ3v) is 4.84. The third-order valence-electron chi connectivity index (χ3n) is 3.97. The number of nitrogens with one attached hydrogen (secondary N) is 1. The molecule has 8 heteroatoms. The molecule has 2 aromatic rings. The van der Waals surface area contributed by atoms with Gasteiger partial charge in [0.2, 0.25) is 5.91 Å². The number of rotatable bonds is 3. The quantitative estimate of drug-likeness (QED) is 0.911. The summed E-state index contributed by atoms with van der Waals surface area (Å²) in [5, 5.41) is 12.3. The van der Waals surface area contributed by atoms with Gasteiger partial charge in [0.25, 0.3) is 5.91 Å². The number of aromatic nitrogens is 3. The van der Waals surface area contributed by atoms with Crippen molar-refractivity contribution in [2.24, 2.45) is 0 Å². The number of amides is 2. The summed E-state index contributed by atoms with van der Waals surface area (Å²) < 4.78 is 0. The van der Waals surface area contributed by atoms with Crippen LogP contribution in [0.5, 0.6) is 0 Å². The molecule has 122 valence electrons. The van der Waals surface area contributed by atoms with E-state index in [-0.39, 0.29) is 11.8 Å². The number of aromatic amines is 1. The molecule has 3 rings (SSSR count). The van der Waals surface area contributed by atoms with Crippen LogP contribution in [0.25, 0.3) is 0 Å². The van der Waals surface area contributed by atoms with Crippen molar-refractivity contribution >= 4 is 23.2 Å².